The number of nitrogens with one attached hydrogen (secondary N) is 2. The molecule has 2 N–H and O–H groups in total. The van der Waals surface area contributed by atoms with Crippen LogP contribution < -0.4 is 10.6 Å². The molecule has 0 bridgehead atoms. The van der Waals surface area contributed by atoms with Crippen LogP contribution in [0.3, 0.4) is 0 Å². The van der Waals surface area contributed by atoms with E-state index in [-0.39, 0.29) is 11.7 Å². The minimum absolute atomic E-state index is 0.267. The average molecular weight is 321 g/mol. The fourth-order valence-electron chi connectivity index (χ4n) is 2.19. The molecule has 0 fully saturated rings. The lowest BCUT2D eigenvalue weighted by Crippen LogP contribution is -2.14. The van der Waals surface area contributed by atoms with Gasteiger partial charge in [-0.15, -0.1) is 0 Å². The van der Waals surface area contributed by atoms with Gasteiger partial charge >= 0.3 is 0 Å². The van der Waals surface area contributed by atoms with Gasteiger partial charge in [0.1, 0.15) is 11.6 Å². The Morgan fingerprint density at radius 1 is 0.958 bits per heavy atom. The van der Waals surface area contributed by atoms with Crippen molar-refractivity contribution in [3.05, 3.63) is 83.8 Å². The third kappa shape index (κ3) is 3.76. The first kappa shape index (κ1) is 15.7. The van der Waals surface area contributed by atoms with Crippen LogP contribution in [0.5, 0.6) is 0 Å². The third-order valence-electron chi connectivity index (χ3n) is 3.47. The zero-order chi connectivity index (χ0) is 16.9. The maximum absolute atomic E-state index is 13.0. The number of amides is 1. The molecule has 1 amide bonds. The van der Waals surface area contributed by atoms with E-state index in [0.29, 0.717) is 22.8 Å². The number of hydrogen-bond donors (Lipinski definition) is 2. The molecule has 0 atom stereocenters. The molecule has 0 unspecified atom stereocenters. The standard InChI is InChI=1S/C19H16FN3O/c1-13-4-8-16(9-5-13)23-19(24)17-3-2-12-21-18(17)22-15-10-6-14(20)7-11-15/h2-12H,1H3,(H,21,22)(H,23,24). The van der Waals surface area contributed by atoms with E-state index >= 15 is 0 Å². The fraction of sp³-hybridized carbons (Fsp3) is 0.0526. The molecule has 2 aromatic carbocycles. The van der Waals surface area contributed by atoms with Gasteiger partial charge in [-0.05, 0) is 55.5 Å². The number of aryl methyl sites for hydroxylation is 1. The van der Waals surface area contributed by atoms with E-state index in [2.05, 4.69) is 15.6 Å². The number of aromatic nitrogens is 1. The quantitative estimate of drug-likeness (QED) is 0.742. The lowest BCUT2D eigenvalue weighted by atomic mass is 10.2. The van der Waals surface area contributed by atoms with Crippen LogP contribution in [0.15, 0.2) is 66.9 Å². The SMILES string of the molecule is Cc1ccc(NC(=O)c2cccnc2Nc2ccc(F)cc2)cc1. The van der Waals surface area contributed by atoms with Crippen molar-refractivity contribution in [1.29, 1.82) is 0 Å². The predicted octanol–water partition coefficient (Wildman–Crippen LogP) is 4.53. The van der Waals surface area contributed by atoms with Gasteiger partial charge in [-0.1, -0.05) is 17.7 Å². The number of halogens is 1. The summed E-state index contributed by atoms with van der Waals surface area (Å²) in [6.07, 6.45) is 1.59. The Bertz CT molecular complexity index is 845. The highest BCUT2D eigenvalue weighted by molar-refractivity contribution is 6.07. The second-order valence-corrected chi connectivity index (χ2v) is 5.35. The fourth-order valence-corrected chi connectivity index (χ4v) is 2.19. The molecule has 3 aromatic rings. The van der Waals surface area contributed by atoms with E-state index in [1.54, 1.807) is 30.5 Å². The van der Waals surface area contributed by atoms with Crippen molar-refractivity contribution in [2.75, 3.05) is 10.6 Å². The van der Waals surface area contributed by atoms with Crippen molar-refractivity contribution in [2.45, 2.75) is 6.92 Å². The summed E-state index contributed by atoms with van der Waals surface area (Å²) in [5.41, 5.74) is 2.89. The molecule has 4 nitrogen and oxygen atoms in total. The first-order chi connectivity index (χ1) is 11.6. The molecular formula is C19H16FN3O. The topological polar surface area (TPSA) is 54.0 Å². The van der Waals surface area contributed by atoms with E-state index in [1.165, 1.54) is 12.1 Å². The molecule has 1 heterocycles. The van der Waals surface area contributed by atoms with Crippen molar-refractivity contribution in [3.63, 3.8) is 0 Å². The van der Waals surface area contributed by atoms with Crippen LogP contribution in [0.25, 0.3) is 0 Å². The highest BCUT2D eigenvalue weighted by atomic mass is 19.1. The van der Waals surface area contributed by atoms with Gasteiger partial charge < -0.3 is 10.6 Å². The van der Waals surface area contributed by atoms with Crippen molar-refractivity contribution in [2.24, 2.45) is 0 Å². The molecule has 24 heavy (non-hydrogen) atoms. The molecule has 0 saturated heterocycles. The number of pyridine rings is 1. The second-order valence-electron chi connectivity index (χ2n) is 5.35. The zero-order valence-electron chi connectivity index (χ0n) is 13.1. The Hall–Kier alpha value is -3.21. The third-order valence-corrected chi connectivity index (χ3v) is 3.47. The van der Waals surface area contributed by atoms with Crippen LogP contribution in [-0.4, -0.2) is 10.9 Å². The van der Waals surface area contributed by atoms with Crippen molar-refractivity contribution in [3.8, 4) is 0 Å². The second kappa shape index (κ2) is 6.91. The first-order valence-corrected chi connectivity index (χ1v) is 7.47. The van der Waals surface area contributed by atoms with Crippen LogP contribution in [0, 0.1) is 12.7 Å². The molecule has 0 aliphatic rings. The van der Waals surface area contributed by atoms with Crippen molar-refractivity contribution < 1.29 is 9.18 Å². The predicted molar refractivity (Wildman–Crippen MR) is 93.1 cm³/mol. The first-order valence-electron chi connectivity index (χ1n) is 7.47. The Labute approximate surface area is 139 Å². The highest BCUT2D eigenvalue weighted by Gasteiger charge is 2.12. The number of carbonyl (C=O) groups excluding carboxylic acids is 1. The van der Waals surface area contributed by atoms with Crippen LogP contribution >= 0.6 is 0 Å². The summed E-state index contributed by atoms with van der Waals surface area (Å²) < 4.78 is 13.0. The number of hydrogen-bond acceptors (Lipinski definition) is 3. The van der Waals surface area contributed by atoms with Gasteiger partial charge in [0.2, 0.25) is 0 Å². The van der Waals surface area contributed by atoms with Gasteiger partial charge in [0.05, 0.1) is 5.56 Å². The maximum Gasteiger partial charge on any atom is 0.259 e. The summed E-state index contributed by atoms with van der Waals surface area (Å²) in [5.74, 6) is -0.177. The zero-order valence-corrected chi connectivity index (χ0v) is 13.1. The van der Waals surface area contributed by atoms with Crippen LogP contribution in [-0.2, 0) is 0 Å². The molecule has 0 spiro atoms. The highest BCUT2D eigenvalue weighted by Crippen LogP contribution is 2.20. The van der Waals surface area contributed by atoms with Gasteiger partial charge in [-0.25, -0.2) is 9.37 Å². The minimum atomic E-state index is -0.320. The molecule has 0 aliphatic carbocycles. The van der Waals surface area contributed by atoms with Crippen LogP contribution in [0.1, 0.15) is 15.9 Å². The van der Waals surface area contributed by atoms with Gasteiger partial charge in [-0.3, -0.25) is 4.79 Å². The Morgan fingerprint density at radius 3 is 2.33 bits per heavy atom. The number of rotatable bonds is 4. The molecule has 0 saturated carbocycles. The summed E-state index contributed by atoms with van der Waals surface area (Å²) in [4.78, 5) is 16.7. The summed E-state index contributed by atoms with van der Waals surface area (Å²) in [6.45, 7) is 1.98. The maximum atomic E-state index is 13.0. The lowest BCUT2D eigenvalue weighted by Gasteiger charge is -2.11. The Balaban J connectivity index is 1.81. The summed E-state index contributed by atoms with van der Waals surface area (Å²) in [5, 5.41) is 5.88. The van der Waals surface area contributed by atoms with Crippen LogP contribution in [0.2, 0.25) is 0 Å². The number of carbonyl (C=O) groups is 1. The van der Waals surface area contributed by atoms with E-state index in [0.717, 1.165) is 5.56 Å². The van der Waals surface area contributed by atoms with E-state index in [1.807, 2.05) is 31.2 Å². The number of anilines is 3. The van der Waals surface area contributed by atoms with Gasteiger partial charge in [0.25, 0.3) is 5.91 Å². The molecule has 3 rings (SSSR count). The molecule has 0 aliphatic heterocycles. The largest absolute Gasteiger partial charge is 0.340 e. The van der Waals surface area contributed by atoms with E-state index < -0.39 is 0 Å². The Kier molecular flexibility index (Phi) is 4.52. The molecular weight excluding hydrogens is 305 g/mol. The lowest BCUT2D eigenvalue weighted by molar-refractivity contribution is 0.102. The molecule has 120 valence electrons. The molecule has 1 aromatic heterocycles. The summed E-state index contributed by atoms with van der Waals surface area (Å²) in [6, 6.07) is 16.8. The van der Waals surface area contributed by atoms with Crippen molar-refractivity contribution in [1.82, 2.24) is 4.98 Å². The van der Waals surface area contributed by atoms with E-state index in [4.69, 9.17) is 0 Å². The number of nitrogens with zero attached hydrogens (tertiary/aromatic N) is 1. The average Bonchev–Trinajstić information content (AvgIpc) is 2.59. The van der Waals surface area contributed by atoms with Crippen molar-refractivity contribution >= 4 is 23.1 Å². The molecule has 0 radical (unpaired) electrons. The van der Waals surface area contributed by atoms with E-state index in [9.17, 15) is 9.18 Å². The van der Waals surface area contributed by atoms with Gasteiger partial charge in [0, 0.05) is 17.6 Å². The molecule has 5 heteroatoms. The summed E-state index contributed by atoms with van der Waals surface area (Å²) >= 11 is 0. The monoisotopic (exact) mass is 321 g/mol. The van der Waals surface area contributed by atoms with Gasteiger partial charge in [0.15, 0.2) is 0 Å². The van der Waals surface area contributed by atoms with Gasteiger partial charge in [-0.2, -0.15) is 0 Å². The van der Waals surface area contributed by atoms with Crippen LogP contribution in [0.4, 0.5) is 21.6 Å². The number of benzene rings is 2. The minimum Gasteiger partial charge on any atom is -0.340 e. The normalized spacial score (nSPS) is 10.2. The smallest absolute Gasteiger partial charge is 0.259 e. The summed E-state index contributed by atoms with van der Waals surface area (Å²) in [7, 11) is 0. The Morgan fingerprint density at radius 2 is 1.62 bits per heavy atom.